The van der Waals surface area contributed by atoms with Gasteiger partial charge >= 0.3 is 12.1 Å². The molecule has 4 aromatic rings. The number of alkyl halides is 5. The van der Waals surface area contributed by atoms with E-state index in [2.05, 4.69) is 35.9 Å². The fourth-order valence-corrected chi connectivity index (χ4v) is 5.82. The smallest absolute Gasteiger partial charge is 0.386 e. The van der Waals surface area contributed by atoms with E-state index in [1.165, 1.54) is 43.0 Å². The Hall–Kier alpha value is -4.93. The van der Waals surface area contributed by atoms with Gasteiger partial charge in [0, 0.05) is 43.6 Å². The molecular weight excluding hydrogens is 654 g/mol. The highest BCUT2D eigenvalue weighted by molar-refractivity contribution is 5.66. The van der Waals surface area contributed by atoms with Crippen molar-refractivity contribution in [1.29, 1.82) is 0 Å². The Kier molecular flexibility index (Phi) is 9.37. The molecule has 0 amide bonds. The Morgan fingerprint density at radius 2 is 1.47 bits per heavy atom. The number of halogens is 6. The minimum atomic E-state index is -4.49. The average molecular weight is 687 g/mol. The highest BCUT2D eigenvalue weighted by Gasteiger charge is 2.57. The van der Waals surface area contributed by atoms with Crippen molar-refractivity contribution < 1.29 is 36.6 Å². The lowest BCUT2D eigenvalue weighted by Gasteiger charge is -2.38. The van der Waals surface area contributed by atoms with Crippen LogP contribution >= 0.6 is 0 Å². The van der Waals surface area contributed by atoms with E-state index in [9.17, 15) is 27.8 Å². The van der Waals surface area contributed by atoms with Crippen molar-refractivity contribution in [3.05, 3.63) is 108 Å². The second kappa shape index (κ2) is 13.5. The number of β-amino-alcohol motifs (C(OH)–C–C–N with tert-alkyl or cyclic N) is 1. The number of aromatic nitrogens is 2. The van der Waals surface area contributed by atoms with E-state index < -0.39 is 48.3 Å². The van der Waals surface area contributed by atoms with E-state index >= 15 is 8.78 Å². The van der Waals surface area contributed by atoms with Crippen molar-refractivity contribution >= 4 is 17.7 Å². The SMILES string of the molecule is OC(CC(F)(F)F)c1ccc(N2CCN(c3ccc(-c4ccc(C(F)(F)C(O)(CN5C=NNN5)c5cccc(F)c5)nc4)cc3)CC2)cn1. The molecule has 0 spiro atoms. The van der Waals surface area contributed by atoms with Crippen LogP contribution in [-0.4, -0.2) is 70.4 Å². The number of hydrazine groups is 2. The highest BCUT2D eigenvalue weighted by Crippen LogP contribution is 2.45. The summed E-state index contributed by atoms with van der Waals surface area (Å²) in [6.45, 7) is 1.90. The number of rotatable bonds is 10. The summed E-state index contributed by atoms with van der Waals surface area (Å²) in [5.41, 5.74) is 3.90. The van der Waals surface area contributed by atoms with Crippen molar-refractivity contribution in [3.8, 4) is 11.1 Å². The zero-order valence-corrected chi connectivity index (χ0v) is 25.8. The van der Waals surface area contributed by atoms with Crippen molar-refractivity contribution in [2.75, 3.05) is 42.5 Å². The maximum atomic E-state index is 16.1. The maximum Gasteiger partial charge on any atom is 0.391 e. The number of hydrazone groups is 1. The quantitative estimate of drug-likeness (QED) is 0.174. The van der Waals surface area contributed by atoms with Gasteiger partial charge in [0.2, 0.25) is 0 Å². The summed E-state index contributed by atoms with van der Waals surface area (Å²) in [6, 6.07) is 17.6. The first-order valence-electron chi connectivity index (χ1n) is 15.3. The third kappa shape index (κ3) is 7.40. The molecule has 4 N–H and O–H groups in total. The van der Waals surface area contributed by atoms with Crippen LogP contribution in [0, 0.1) is 5.82 Å². The Labute approximate surface area is 277 Å². The molecule has 6 rings (SSSR count). The fraction of sp³-hybridized carbons (Fsp3) is 0.303. The fourth-order valence-electron chi connectivity index (χ4n) is 5.82. The van der Waals surface area contributed by atoms with Crippen LogP contribution < -0.4 is 20.9 Å². The lowest BCUT2D eigenvalue weighted by molar-refractivity contribution is -0.204. The van der Waals surface area contributed by atoms with E-state index in [-0.39, 0.29) is 11.3 Å². The number of pyridine rings is 2. The predicted octanol–water partition coefficient (Wildman–Crippen LogP) is 4.84. The molecule has 16 heteroatoms. The second-order valence-electron chi connectivity index (χ2n) is 11.8. The molecule has 0 bridgehead atoms. The van der Waals surface area contributed by atoms with Gasteiger partial charge in [-0.2, -0.15) is 27.1 Å². The largest absolute Gasteiger partial charge is 0.391 e. The van der Waals surface area contributed by atoms with Gasteiger partial charge in [0.1, 0.15) is 24.0 Å². The van der Waals surface area contributed by atoms with Crippen LogP contribution in [0.2, 0.25) is 0 Å². The molecule has 0 aliphatic carbocycles. The van der Waals surface area contributed by atoms with E-state index in [1.54, 1.807) is 6.07 Å². The van der Waals surface area contributed by atoms with Gasteiger partial charge in [-0.15, -0.1) is 5.53 Å². The number of piperazine rings is 1. The molecule has 2 atom stereocenters. The van der Waals surface area contributed by atoms with Gasteiger partial charge in [-0.05, 0) is 53.6 Å². The number of aliphatic hydroxyl groups excluding tert-OH is 1. The standard InChI is InChI=1S/C33H32F6N8O2/c34-25-3-1-2-24(16-25)31(49,20-47-21-42-43-44-47)33(38,39)30-11-6-23(18-41-30)22-4-7-26(8-5-22)45-12-14-46(15-13-45)27-9-10-28(40-19-27)29(48)17-32(35,36)37/h1-11,16,18-19,21,29,43-44,48-49H,12-15,17,20H2. The molecule has 2 unspecified atom stereocenters. The van der Waals surface area contributed by atoms with Crippen LogP contribution in [0.1, 0.15) is 29.5 Å². The molecule has 2 aliphatic rings. The number of nitrogens with one attached hydrogen (secondary N) is 2. The molecule has 258 valence electrons. The Balaban J connectivity index is 1.10. The molecule has 10 nitrogen and oxygen atoms in total. The summed E-state index contributed by atoms with van der Waals surface area (Å²) >= 11 is 0. The molecule has 0 radical (unpaired) electrons. The molecule has 2 aliphatic heterocycles. The number of anilines is 2. The molecule has 0 saturated carbocycles. The van der Waals surface area contributed by atoms with E-state index in [1.807, 2.05) is 24.3 Å². The van der Waals surface area contributed by atoms with Gasteiger partial charge in [-0.3, -0.25) is 15.0 Å². The van der Waals surface area contributed by atoms with E-state index in [0.717, 1.165) is 40.1 Å². The van der Waals surface area contributed by atoms with Crippen LogP contribution in [0.25, 0.3) is 11.1 Å². The summed E-state index contributed by atoms with van der Waals surface area (Å²) < 4.78 is 84.0. The summed E-state index contributed by atoms with van der Waals surface area (Å²) in [7, 11) is 0. The van der Waals surface area contributed by atoms with Gasteiger partial charge < -0.3 is 20.0 Å². The predicted molar refractivity (Wildman–Crippen MR) is 170 cm³/mol. The summed E-state index contributed by atoms with van der Waals surface area (Å²) in [6.07, 6.45) is -3.63. The van der Waals surface area contributed by atoms with Gasteiger partial charge in [0.25, 0.3) is 0 Å². The molecule has 2 aromatic heterocycles. The molecule has 49 heavy (non-hydrogen) atoms. The summed E-state index contributed by atoms with van der Waals surface area (Å²) in [5.74, 6) is -4.73. The minimum absolute atomic E-state index is 0.0352. The Bertz CT molecular complexity index is 1750. The zero-order valence-electron chi connectivity index (χ0n) is 25.8. The van der Waals surface area contributed by atoms with Gasteiger partial charge in [-0.25, -0.2) is 9.93 Å². The first-order chi connectivity index (χ1) is 23.3. The van der Waals surface area contributed by atoms with Crippen molar-refractivity contribution in [2.24, 2.45) is 5.10 Å². The minimum Gasteiger partial charge on any atom is -0.386 e. The third-order valence-corrected chi connectivity index (χ3v) is 8.51. The maximum absolute atomic E-state index is 16.1. The number of hydrogen-bond acceptors (Lipinski definition) is 10. The van der Waals surface area contributed by atoms with Crippen LogP contribution in [0.3, 0.4) is 0 Å². The van der Waals surface area contributed by atoms with Crippen LogP contribution in [0.15, 0.2) is 90.3 Å². The third-order valence-electron chi connectivity index (χ3n) is 8.51. The van der Waals surface area contributed by atoms with Gasteiger partial charge in [-0.1, -0.05) is 30.3 Å². The molecule has 2 aromatic carbocycles. The van der Waals surface area contributed by atoms with E-state index in [0.29, 0.717) is 31.7 Å². The van der Waals surface area contributed by atoms with Gasteiger partial charge in [0.05, 0.1) is 30.5 Å². The van der Waals surface area contributed by atoms with Crippen molar-refractivity contribution in [2.45, 2.75) is 30.2 Å². The second-order valence-corrected chi connectivity index (χ2v) is 11.8. The first-order valence-corrected chi connectivity index (χ1v) is 15.3. The lowest BCUT2D eigenvalue weighted by Crippen LogP contribution is -2.54. The first kappa shape index (κ1) is 34.0. The average Bonchev–Trinajstić information content (AvgIpc) is 3.61. The van der Waals surface area contributed by atoms with Crippen LogP contribution in [0.4, 0.5) is 37.7 Å². The highest BCUT2D eigenvalue weighted by atomic mass is 19.4. The Morgan fingerprint density at radius 3 is 2.04 bits per heavy atom. The molecular formula is C33H32F6N8O2. The van der Waals surface area contributed by atoms with Gasteiger partial charge in [0.15, 0.2) is 5.60 Å². The van der Waals surface area contributed by atoms with Crippen LogP contribution in [0.5, 0.6) is 0 Å². The number of hydrogen-bond donors (Lipinski definition) is 4. The monoisotopic (exact) mass is 686 g/mol. The molecule has 4 heterocycles. The molecule has 1 fully saturated rings. The summed E-state index contributed by atoms with van der Waals surface area (Å²) in [4.78, 5) is 12.3. The number of nitrogens with zero attached hydrogens (tertiary/aromatic N) is 6. The number of benzene rings is 2. The lowest BCUT2D eigenvalue weighted by atomic mass is 9.84. The van der Waals surface area contributed by atoms with Crippen LogP contribution in [-0.2, 0) is 11.5 Å². The van der Waals surface area contributed by atoms with E-state index in [4.69, 9.17) is 0 Å². The number of aliphatic hydroxyl groups is 2. The zero-order chi connectivity index (χ0) is 34.8. The van der Waals surface area contributed by atoms with Crippen molar-refractivity contribution in [3.63, 3.8) is 0 Å². The molecule has 1 saturated heterocycles. The topological polar surface area (TPSA) is 112 Å². The normalized spacial score (nSPS) is 17.2. The van der Waals surface area contributed by atoms with Crippen molar-refractivity contribution in [1.82, 2.24) is 26.0 Å². The summed E-state index contributed by atoms with van der Waals surface area (Å²) in [5, 5.41) is 26.1. The Morgan fingerprint density at radius 1 is 0.796 bits per heavy atom.